The van der Waals surface area contributed by atoms with Gasteiger partial charge in [-0.2, -0.15) is 4.98 Å². The number of pyridine rings is 1. The summed E-state index contributed by atoms with van der Waals surface area (Å²) in [5.74, 6) is 1.12. The van der Waals surface area contributed by atoms with E-state index in [2.05, 4.69) is 20.4 Å². The molecule has 0 aliphatic carbocycles. The van der Waals surface area contributed by atoms with Crippen molar-refractivity contribution in [2.75, 3.05) is 19.8 Å². The van der Waals surface area contributed by atoms with Crippen LogP contribution in [-0.4, -0.2) is 34.9 Å². The van der Waals surface area contributed by atoms with Crippen LogP contribution in [0.25, 0.3) is 11.5 Å². The molecule has 1 fully saturated rings. The molecule has 0 radical (unpaired) electrons. The second kappa shape index (κ2) is 4.83. The third-order valence-corrected chi connectivity index (χ3v) is 2.83. The molecule has 6 heteroatoms. The summed E-state index contributed by atoms with van der Waals surface area (Å²) in [4.78, 5) is 8.58. The van der Waals surface area contributed by atoms with Gasteiger partial charge in [0.2, 0.25) is 0 Å². The van der Waals surface area contributed by atoms with E-state index in [1.165, 1.54) is 0 Å². The van der Waals surface area contributed by atoms with Crippen LogP contribution in [-0.2, 0) is 4.74 Å². The monoisotopic (exact) mass is 246 g/mol. The first kappa shape index (κ1) is 11.3. The molecule has 1 unspecified atom stereocenters. The van der Waals surface area contributed by atoms with Crippen LogP contribution in [0.1, 0.15) is 17.6 Å². The lowest BCUT2D eigenvalue weighted by Gasteiger charge is -2.20. The van der Waals surface area contributed by atoms with Gasteiger partial charge < -0.3 is 14.6 Å². The number of nitrogens with one attached hydrogen (secondary N) is 1. The van der Waals surface area contributed by atoms with E-state index in [1.54, 1.807) is 6.20 Å². The number of aryl methyl sites for hydroxylation is 1. The fourth-order valence-electron chi connectivity index (χ4n) is 1.82. The van der Waals surface area contributed by atoms with Crippen LogP contribution in [0.15, 0.2) is 22.9 Å². The molecule has 2 aromatic rings. The van der Waals surface area contributed by atoms with Crippen LogP contribution in [0.5, 0.6) is 0 Å². The molecule has 0 amide bonds. The summed E-state index contributed by atoms with van der Waals surface area (Å²) >= 11 is 0. The summed E-state index contributed by atoms with van der Waals surface area (Å²) in [5, 5.41) is 7.27. The quantitative estimate of drug-likeness (QED) is 0.855. The van der Waals surface area contributed by atoms with Crippen molar-refractivity contribution in [1.82, 2.24) is 20.4 Å². The number of aromatic nitrogens is 3. The van der Waals surface area contributed by atoms with Crippen molar-refractivity contribution < 1.29 is 9.26 Å². The number of rotatable bonds is 2. The summed E-state index contributed by atoms with van der Waals surface area (Å²) in [6, 6.07) is 3.85. The molecule has 1 N–H and O–H groups in total. The smallest absolute Gasteiger partial charge is 0.259 e. The molecule has 2 aromatic heterocycles. The Morgan fingerprint density at radius 3 is 3.06 bits per heavy atom. The topological polar surface area (TPSA) is 73.1 Å². The van der Waals surface area contributed by atoms with Crippen molar-refractivity contribution in [3.63, 3.8) is 0 Å². The highest BCUT2D eigenvalue weighted by atomic mass is 16.5. The molecule has 3 rings (SSSR count). The van der Waals surface area contributed by atoms with Gasteiger partial charge in [0, 0.05) is 18.4 Å². The van der Waals surface area contributed by atoms with Gasteiger partial charge in [-0.05, 0) is 19.1 Å². The minimum absolute atomic E-state index is 0.00894. The molecule has 6 nitrogen and oxygen atoms in total. The fourth-order valence-corrected chi connectivity index (χ4v) is 1.82. The second-order valence-electron chi connectivity index (χ2n) is 4.23. The van der Waals surface area contributed by atoms with Gasteiger partial charge in [-0.1, -0.05) is 5.16 Å². The standard InChI is InChI=1S/C12H14N4O2/c1-8-2-3-9(6-14-8)12-15-11(16-18-12)10-7-17-5-4-13-10/h2-3,6,10,13H,4-5,7H2,1H3. The Labute approximate surface area is 104 Å². The maximum absolute atomic E-state index is 5.37. The molecule has 0 aromatic carbocycles. The van der Waals surface area contributed by atoms with Crippen molar-refractivity contribution in [1.29, 1.82) is 0 Å². The zero-order valence-corrected chi connectivity index (χ0v) is 10.1. The van der Waals surface area contributed by atoms with Crippen LogP contribution in [0.3, 0.4) is 0 Å². The minimum Gasteiger partial charge on any atom is -0.378 e. The fraction of sp³-hybridized carbons (Fsp3) is 0.417. The van der Waals surface area contributed by atoms with E-state index in [0.717, 1.165) is 24.4 Å². The molecular weight excluding hydrogens is 232 g/mol. The molecule has 0 bridgehead atoms. The third-order valence-electron chi connectivity index (χ3n) is 2.83. The Kier molecular flexibility index (Phi) is 3.04. The minimum atomic E-state index is 0.00894. The first-order valence-electron chi connectivity index (χ1n) is 5.91. The molecular formula is C12H14N4O2. The number of morpholine rings is 1. The average Bonchev–Trinajstić information content (AvgIpc) is 2.90. The highest BCUT2D eigenvalue weighted by Gasteiger charge is 2.21. The van der Waals surface area contributed by atoms with Gasteiger partial charge in [-0.25, -0.2) is 0 Å². The molecule has 1 aliphatic heterocycles. The van der Waals surface area contributed by atoms with Crippen LogP contribution in [0.2, 0.25) is 0 Å². The van der Waals surface area contributed by atoms with Gasteiger partial charge in [0.05, 0.1) is 24.8 Å². The van der Waals surface area contributed by atoms with Crippen molar-refractivity contribution in [3.05, 3.63) is 29.8 Å². The average molecular weight is 246 g/mol. The zero-order valence-electron chi connectivity index (χ0n) is 10.1. The molecule has 94 valence electrons. The third kappa shape index (κ3) is 2.25. The summed E-state index contributed by atoms with van der Waals surface area (Å²) in [6.45, 7) is 4.04. The first-order valence-corrected chi connectivity index (χ1v) is 5.91. The predicted octanol–water partition coefficient (Wildman–Crippen LogP) is 1.10. The van der Waals surface area contributed by atoms with Crippen LogP contribution in [0, 0.1) is 6.92 Å². The first-order chi connectivity index (χ1) is 8.83. The summed E-state index contributed by atoms with van der Waals surface area (Å²) < 4.78 is 10.6. The maximum Gasteiger partial charge on any atom is 0.259 e. The number of nitrogens with zero attached hydrogens (tertiary/aromatic N) is 3. The lowest BCUT2D eigenvalue weighted by molar-refractivity contribution is 0.0734. The summed E-state index contributed by atoms with van der Waals surface area (Å²) in [7, 11) is 0. The normalized spacial score (nSPS) is 19.9. The Balaban J connectivity index is 1.82. The summed E-state index contributed by atoms with van der Waals surface area (Å²) in [6.07, 6.45) is 1.73. The highest BCUT2D eigenvalue weighted by Crippen LogP contribution is 2.19. The molecule has 0 spiro atoms. The Bertz CT molecular complexity index is 517. The van der Waals surface area contributed by atoms with Crippen LogP contribution >= 0.6 is 0 Å². The van der Waals surface area contributed by atoms with Crippen molar-refractivity contribution >= 4 is 0 Å². The van der Waals surface area contributed by atoms with Gasteiger partial charge in [0.1, 0.15) is 0 Å². The molecule has 18 heavy (non-hydrogen) atoms. The van der Waals surface area contributed by atoms with E-state index in [-0.39, 0.29) is 6.04 Å². The SMILES string of the molecule is Cc1ccc(-c2nc(C3COCCN3)no2)cn1. The zero-order chi connectivity index (χ0) is 12.4. The maximum atomic E-state index is 5.37. The summed E-state index contributed by atoms with van der Waals surface area (Å²) in [5.41, 5.74) is 1.79. The number of hydrogen-bond donors (Lipinski definition) is 1. The molecule has 1 atom stereocenters. The highest BCUT2D eigenvalue weighted by molar-refractivity contribution is 5.50. The number of ether oxygens (including phenoxy) is 1. The lowest BCUT2D eigenvalue weighted by atomic mass is 10.2. The van der Waals surface area contributed by atoms with Crippen molar-refractivity contribution in [2.45, 2.75) is 13.0 Å². The van der Waals surface area contributed by atoms with Crippen molar-refractivity contribution in [3.8, 4) is 11.5 Å². The van der Waals surface area contributed by atoms with Crippen molar-refractivity contribution in [2.24, 2.45) is 0 Å². The Morgan fingerprint density at radius 1 is 1.39 bits per heavy atom. The lowest BCUT2D eigenvalue weighted by Crippen LogP contribution is -2.35. The van der Waals surface area contributed by atoms with E-state index < -0.39 is 0 Å². The van der Waals surface area contributed by atoms with Gasteiger partial charge >= 0.3 is 0 Å². The number of hydrogen-bond acceptors (Lipinski definition) is 6. The van der Waals surface area contributed by atoms with E-state index in [4.69, 9.17) is 9.26 Å². The predicted molar refractivity (Wildman–Crippen MR) is 63.8 cm³/mol. The largest absolute Gasteiger partial charge is 0.378 e. The molecule has 3 heterocycles. The molecule has 1 aliphatic rings. The van der Waals surface area contributed by atoms with Gasteiger partial charge in [0.25, 0.3) is 5.89 Å². The van der Waals surface area contributed by atoms with Gasteiger partial charge in [-0.15, -0.1) is 0 Å². The van der Waals surface area contributed by atoms with Crippen LogP contribution < -0.4 is 5.32 Å². The van der Waals surface area contributed by atoms with E-state index in [1.807, 2.05) is 19.1 Å². The molecule has 1 saturated heterocycles. The Hall–Kier alpha value is -1.79. The molecule has 0 saturated carbocycles. The van der Waals surface area contributed by atoms with Crippen LogP contribution in [0.4, 0.5) is 0 Å². The van der Waals surface area contributed by atoms with Gasteiger partial charge in [-0.3, -0.25) is 4.98 Å². The van der Waals surface area contributed by atoms with Gasteiger partial charge in [0.15, 0.2) is 5.82 Å². The van der Waals surface area contributed by atoms with E-state index in [9.17, 15) is 0 Å². The Morgan fingerprint density at radius 2 is 2.33 bits per heavy atom. The van der Waals surface area contributed by atoms with E-state index in [0.29, 0.717) is 18.3 Å². The van der Waals surface area contributed by atoms with E-state index >= 15 is 0 Å². The second-order valence-corrected chi connectivity index (χ2v) is 4.23.